The molecule has 1 fully saturated rings. The summed E-state index contributed by atoms with van der Waals surface area (Å²) in [5.74, 6) is 0.502. The van der Waals surface area contributed by atoms with E-state index in [0.717, 1.165) is 19.3 Å². The Morgan fingerprint density at radius 3 is 2.34 bits per heavy atom. The first-order valence-corrected chi connectivity index (χ1v) is 11.5. The number of hydrogen-bond acceptors (Lipinski definition) is 3. The minimum Gasteiger partial charge on any atom is -0.341 e. The molecule has 6 heteroatoms. The molecule has 1 amide bonds. The van der Waals surface area contributed by atoms with Crippen molar-refractivity contribution in [3.05, 3.63) is 81.0 Å². The van der Waals surface area contributed by atoms with Gasteiger partial charge in [-0.15, -0.1) is 0 Å². The third-order valence-corrected chi connectivity index (χ3v) is 6.74. The molecule has 0 radical (unpaired) electrons. The highest BCUT2D eigenvalue weighted by Crippen LogP contribution is 2.22. The predicted molar refractivity (Wildman–Crippen MR) is 127 cm³/mol. The highest BCUT2D eigenvalue weighted by Gasteiger charge is 2.25. The number of likely N-dealkylation sites (tertiary alicyclic amines) is 1. The lowest BCUT2D eigenvalue weighted by atomic mass is 9.90. The van der Waals surface area contributed by atoms with Crippen molar-refractivity contribution in [1.82, 2.24) is 14.0 Å². The average molecular weight is 434 g/mol. The van der Waals surface area contributed by atoms with Gasteiger partial charge in [0.1, 0.15) is 6.54 Å². The molecule has 2 heterocycles. The molecule has 32 heavy (non-hydrogen) atoms. The number of fused-ring (bicyclic) bond motifs is 1. The number of benzene rings is 2. The average Bonchev–Trinajstić information content (AvgIpc) is 2.82. The largest absolute Gasteiger partial charge is 0.341 e. The maximum absolute atomic E-state index is 13.2. The predicted octanol–water partition coefficient (Wildman–Crippen LogP) is 3.62. The number of para-hydroxylation sites is 1. The lowest BCUT2D eigenvalue weighted by Crippen LogP contribution is -2.46. The molecule has 2 aromatic carbocycles. The first-order chi connectivity index (χ1) is 15.5. The second kappa shape index (κ2) is 9.55. The van der Waals surface area contributed by atoms with E-state index >= 15 is 0 Å². The van der Waals surface area contributed by atoms with Crippen LogP contribution in [0.3, 0.4) is 0 Å². The second-order valence-electron chi connectivity index (χ2n) is 8.83. The molecule has 1 aliphatic rings. The third kappa shape index (κ3) is 4.40. The van der Waals surface area contributed by atoms with Gasteiger partial charge in [-0.3, -0.25) is 18.7 Å². The van der Waals surface area contributed by atoms with Crippen molar-refractivity contribution < 1.29 is 4.79 Å². The van der Waals surface area contributed by atoms with Gasteiger partial charge in [-0.25, -0.2) is 4.79 Å². The molecule has 1 aliphatic heterocycles. The number of aromatic nitrogens is 2. The summed E-state index contributed by atoms with van der Waals surface area (Å²) in [5.41, 5.74) is 1.16. The quantitative estimate of drug-likeness (QED) is 0.597. The molecule has 1 atom stereocenters. The normalized spacial score (nSPS) is 15.8. The lowest BCUT2D eigenvalue weighted by molar-refractivity contribution is -0.133. The molecule has 0 aliphatic carbocycles. The number of nitrogens with zero attached hydrogens (tertiary/aromatic N) is 3. The van der Waals surface area contributed by atoms with Gasteiger partial charge in [0.2, 0.25) is 5.91 Å². The van der Waals surface area contributed by atoms with E-state index in [1.54, 1.807) is 24.3 Å². The van der Waals surface area contributed by atoms with Crippen molar-refractivity contribution in [2.45, 2.75) is 52.1 Å². The SMILES string of the molecule is CC[C@@H](C)n1c(=O)c2ccccc2n(CC(=O)N2CCC(Cc3ccccc3)CC2)c1=O. The molecule has 3 aromatic rings. The van der Waals surface area contributed by atoms with Crippen molar-refractivity contribution in [1.29, 1.82) is 0 Å². The van der Waals surface area contributed by atoms with E-state index in [2.05, 4.69) is 24.3 Å². The van der Waals surface area contributed by atoms with Gasteiger partial charge in [0.15, 0.2) is 0 Å². The fourth-order valence-corrected chi connectivity index (χ4v) is 4.63. The number of piperidine rings is 1. The van der Waals surface area contributed by atoms with Crippen LogP contribution in [0.4, 0.5) is 0 Å². The van der Waals surface area contributed by atoms with Crippen LogP contribution in [0, 0.1) is 5.92 Å². The minimum atomic E-state index is -0.407. The Morgan fingerprint density at radius 1 is 1.00 bits per heavy atom. The minimum absolute atomic E-state index is 0.0422. The van der Waals surface area contributed by atoms with E-state index in [9.17, 15) is 14.4 Å². The Kier molecular flexibility index (Phi) is 6.58. The molecule has 1 saturated heterocycles. The summed E-state index contributed by atoms with van der Waals surface area (Å²) >= 11 is 0. The molecule has 1 aromatic heterocycles. The Balaban J connectivity index is 1.53. The molecule has 0 N–H and O–H groups in total. The fraction of sp³-hybridized carbons (Fsp3) is 0.423. The molecule has 0 spiro atoms. The first kappa shape index (κ1) is 22.1. The van der Waals surface area contributed by atoms with Gasteiger partial charge in [-0.05, 0) is 56.2 Å². The Bertz CT molecular complexity index is 1200. The summed E-state index contributed by atoms with van der Waals surface area (Å²) in [4.78, 5) is 41.2. The fourth-order valence-electron chi connectivity index (χ4n) is 4.63. The van der Waals surface area contributed by atoms with Crippen molar-refractivity contribution in [2.75, 3.05) is 13.1 Å². The van der Waals surface area contributed by atoms with Crippen LogP contribution in [-0.4, -0.2) is 33.0 Å². The number of amides is 1. The van der Waals surface area contributed by atoms with Crippen LogP contribution < -0.4 is 11.2 Å². The van der Waals surface area contributed by atoms with E-state index in [1.807, 2.05) is 24.8 Å². The van der Waals surface area contributed by atoms with Crippen LogP contribution in [0.15, 0.2) is 64.2 Å². The van der Waals surface area contributed by atoms with Crippen molar-refractivity contribution in [2.24, 2.45) is 5.92 Å². The Labute approximate surface area is 188 Å². The lowest BCUT2D eigenvalue weighted by Gasteiger charge is -2.32. The standard InChI is InChI=1S/C26H31N3O3/c1-3-19(2)29-25(31)22-11-7-8-12-23(22)28(26(29)32)18-24(30)27-15-13-21(14-16-27)17-20-9-5-4-6-10-20/h4-12,19,21H,3,13-18H2,1-2H3/t19-/m1/s1. The van der Waals surface area contributed by atoms with Gasteiger partial charge in [0.05, 0.1) is 10.9 Å². The van der Waals surface area contributed by atoms with Crippen molar-refractivity contribution in [3.8, 4) is 0 Å². The summed E-state index contributed by atoms with van der Waals surface area (Å²) in [5, 5.41) is 0.474. The zero-order valence-electron chi connectivity index (χ0n) is 18.9. The number of rotatable bonds is 6. The van der Waals surface area contributed by atoms with E-state index in [1.165, 1.54) is 14.7 Å². The van der Waals surface area contributed by atoms with Gasteiger partial charge in [0, 0.05) is 19.1 Å². The van der Waals surface area contributed by atoms with Gasteiger partial charge in [0.25, 0.3) is 5.56 Å². The maximum Gasteiger partial charge on any atom is 0.332 e. The van der Waals surface area contributed by atoms with E-state index in [-0.39, 0.29) is 24.1 Å². The van der Waals surface area contributed by atoms with Gasteiger partial charge < -0.3 is 4.90 Å². The monoisotopic (exact) mass is 433 g/mol. The highest BCUT2D eigenvalue weighted by atomic mass is 16.2. The zero-order valence-corrected chi connectivity index (χ0v) is 18.9. The summed E-state index contributed by atoms with van der Waals surface area (Å²) in [6.45, 7) is 5.17. The second-order valence-corrected chi connectivity index (χ2v) is 8.83. The smallest absolute Gasteiger partial charge is 0.332 e. The zero-order chi connectivity index (χ0) is 22.7. The molecular weight excluding hydrogens is 402 g/mol. The van der Waals surface area contributed by atoms with Gasteiger partial charge in [-0.2, -0.15) is 0 Å². The van der Waals surface area contributed by atoms with Crippen LogP contribution in [-0.2, 0) is 17.8 Å². The van der Waals surface area contributed by atoms with Crippen molar-refractivity contribution >= 4 is 16.8 Å². The molecule has 0 unspecified atom stereocenters. The van der Waals surface area contributed by atoms with Crippen LogP contribution >= 0.6 is 0 Å². The number of carbonyl (C=O) groups is 1. The van der Waals surface area contributed by atoms with Crippen LogP contribution in [0.25, 0.3) is 10.9 Å². The molecule has 6 nitrogen and oxygen atoms in total. The summed E-state index contributed by atoms with van der Waals surface area (Å²) in [7, 11) is 0. The summed E-state index contributed by atoms with van der Waals surface area (Å²) in [6.07, 6.45) is 3.62. The molecule has 0 bridgehead atoms. The summed E-state index contributed by atoms with van der Waals surface area (Å²) in [6, 6.07) is 17.3. The Hall–Kier alpha value is -3.15. The maximum atomic E-state index is 13.2. The highest BCUT2D eigenvalue weighted by molar-refractivity contribution is 5.81. The van der Waals surface area contributed by atoms with Crippen LogP contribution in [0.1, 0.15) is 44.7 Å². The molecule has 0 saturated carbocycles. The third-order valence-electron chi connectivity index (χ3n) is 6.74. The van der Waals surface area contributed by atoms with Gasteiger partial charge in [-0.1, -0.05) is 49.4 Å². The summed E-state index contributed by atoms with van der Waals surface area (Å²) < 4.78 is 2.77. The van der Waals surface area contributed by atoms with E-state index in [4.69, 9.17) is 0 Å². The van der Waals surface area contributed by atoms with Crippen LogP contribution in [0.5, 0.6) is 0 Å². The molecule has 4 rings (SSSR count). The molecule has 168 valence electrons. The van der Waals surface area contributed by atoms with E-state index in [0.29, 0.717) is 36.3 Å². The van der Waals surface area contributed by atoms with Gasteiger partial charge >= 0.3 is 5.69 Å². The van der Waals surface area contributed by atoms with E-state index < -0.39 is 5.69 Å². The number of carbonyl (C=O) groups excluding carboxylic acids is 1. The number of hydrogen-bond donors (Lipinski definition) is 0. The molecular formula is C26H31N3O3. The van der Waals surface area contributed by atoms with Crippen LogP contribution in [0.2, 0.25) is 0 Å². The topological polar surface area (TPSA) is 64.3 Å². The first-order valence-electron chi connectivity index (χ1n) is 11.5. The van der Waals surface area contributed by atoms with Crippen molar-refractivity contribution in [3.63, 3.8) is 0 Å². The Morgan fingerprint density at radius 2 is 1.66 bits per heavy atom.